The van der Waals surface area contributed by atoms with Crippen LogP contribution in [0.4, 0.5) is 0 Å². The monoisotopic (exact) mass is 298 g/mol. The largest absolute Gasteiger partial charge is 0.494 e. The first-order valence-corrected chi connectivity index (χ1v) is 7.15. The van der Waals surface area contributed by atoms with Gasteiger partial charge < -0.3 is 9.47 Å². The fourth-order valence-corrected chi connectivity index (χ4v) is 1.97. The van der Waals surface area contributed by atoms with Crippen LogP contribution < -0.4 is 4.74 Å². The summed E-state index contributed by atoms with van der Waals surface area (Å²) in [7, 11) is 0. The van der Waals surface area contributed by atoms with Gasteiger partial charge in [0.25, 0.3) is 0 Å². The maximum atomic E-state index is 12.2. The second-order valence-electron chi connectivity index (χ2n) is 4.74. The summed E-state index contributed by atoms with van der Waals surface area (Å²) in [4.78, 5) is 24.2. The maximum Gasteiger partial charge on any atom is 0.338 e. The molecule has 0 aromatic heterocycles. The molecule has 0 radical (unpaired) electrons. The van der Waals surface area contributed by atoms with Crippen LogP contribution >= 0.6 is 0 Å². The van der Waals surface area contributed by atoms with Gasteiger partial charge in [0, 0.05) is 5.56 Å². The zero-order valence-corrected chi connectivity index (χ0v) is 12.6. The van der Waals surface area contributed by atoms with Gasteiger partial charge in [0.15, 0.2) is 6.10 Å². The second kappa shape index (κ2) is 7.41. The van der Waals surface area contributed by atoms with Crippen molar-refractivity contribution in [3.05, 3.63) is 65.7 Å². The van der Waals surface area contributed by atoms with E-state index in [0.717, 1.165) is 0 Å². The Balaban J connectivity index is 2.00. The first-order chi connectivity index (χ1) is 10.6. The highest BCUT2D eigenvalue weighted by atomic mass is 16.5. The van der Waals surface area contributed by atoms with E-state index in [9.17, 15) is 9.59 Å². The van der Waals surface area contributed by atoms with Crippen molar-refractivity contribution in [3.8, 4) is 5.75 Å². The summed E-state index contributed by atoms with van der Waals surface area (Å²) in [6.07, 6.45) is -0.832. The molecule has 4 nitrogen and oxygen atoms in total. The van der Waals surface area contributed by atoms with Gasteiger partial charge >= 0.3 is 5.97 Å². The molecule has 0 spiro atoms. The molecule has 0 saturated heterocycles. The SMILES string of the molecule is CCOc1ccc(C(=O)O[C@@H](C)C(=O)c2ccccc2)cc1. The molecule has 0 bridgehead atoms. The highest BCUT2D eigenvalue weighted by Crippen LogP contribution is 2.14. The summed E-state index contributed by atoms with van der Waals surface area (Å²) in [6, 6.07) is 15.4. The first kappa shape index (κ1) is 15.8. The number of ketones is 1. The Morgan fingerprint density at radius 3 is 2.18 bits per heavy atom. The van der Waals surface area contributed by atoms with Crippen LogP contribution in [0.25, 0.3) is 0 Å². The van der Waals surface area contributed by atoms with Gasteiger partial charge in [0.2, 0.25) is 5.78 Å². The third kappa shape index (κ3) is 3.95. The minimum Gasteiger partial charge on any atom is -0.494 e. The van der Waals surface area contributed by atoms with Crippen LogP contribution in [0.3, 0.4) is 0 Å². The molecule has 2 rings (SSSR count). The number of rotatable bonds is 6. The van der Waals surface area contributed by atoms with E-state index in [2.05, 4.69) is 0 Å². The number of carbonyl (C=O) groups excluding carboxylic acids is 2. The first-order valence-electron chi connectivity index (χ1n) is 7.15. The molecule has 0 unspecified atom stereocenters. The summed E-state index contributed by atoms with van der Waals surface area (Å²) >= 11 is 0. The van der Waals surface area contributed by atoms with E-state index in [-0.39, 0.29) is 5.78 Å². The molecule has 0 N–H and O–H groups in total. The van der Waals surface area contributed by atoms with Crippen LogP contribution in [0, 0.1) is 0 Å². The number of Topliss-reactive ketones (excluding diaryl/α,β-unsaturated/α-hetero) is 1. The summed E-state index contributed by atoms with van der Waals surface area (Å²) in [5.74, 6) is -0.0628. The van der Waals surface area contributed by atoms with Gasteiger partial charge in [-0.3, -0.25) is 4.79 Å². The normalized spacial score (nSPS) is 11.5. The lowest BCUT2D eigenvalue weighted by molar-refractivity contribution is 0.0319. The van der Waals surface area contributed by atoms with E-state index in [1.807, 2.05) is 13.0 Å². The highest BCUT2D eigenvalue weighted by Gasteiger charge is 2.20. The molecule has 1 atom stereocenters. The van der Waals surface area contributed by atoms with Crippen LogP contribution in [0.15, 0.2) is 54.6 Å². The van der Waals surface area contributed by atoms with Crippen molar-refractivity contribution in [2.75, 3.05) is 6.61 Å². The number of esters is 1. The quantitative estimate of drug-likeness (QED) is 0.605. The molecule has 0 heterocycles. The molecule has 0 amide bonds. The zero-order valence-electron chi connectivity index (χ0n) is 12.6. The predicted molar refractivity (Wildman–Crippen MR) is 83.3 cm³/mol. The fourth-order valence-electron chi connectivity index (χ4n) is 1.97. The van der Waals surface area contributed by atoms with E-state index in [0.29, 0.717) is 23.5 Å². The molecule has 4 heteroatoms. The lowest BCUT2D eigenvalue weighted by Crippen LogP contribution is -2.24. The fraction of sp³-hybridized carbons (Fsp3) is 0.222. The molecule has 114 valence electrons. The third-order valence-corrected chi connectivity index (χ3v) is 3.11. The third-order valence-electron chi connectivity index (χ3n) is 3.11. The molecule has 0 aliphatic rings. The molecule has 0 aliphatic heterocycles. The number of hydrogen-bond donors (Lipinski definition) is 0. The van der Waals surface area contributed by atoms with Crippen molar-refractivity contribution in [1.82, 2.24) is 0 Å². The van der Waals surface area contributed by atoms with Crippen molar-refractivity contribution in [1.29, 1.82) is 0 Å². The minimum absolute atomic E-state index is 0.222. The van der Waals surface area contributed by atoms with Gasteiger partial charge in [-0.15, -0.1) is 0 Å². The number of benzene rings is 2. The number of hydrogen-bond acceptors (Lipinski definition) is 4. The number of ether oxygens (including phenoxy) is 2. The van der Waals surface area contributed by atoms with Crippen LogP contribution in [-0.4, -0.2) is 24.5 Å². The molecule has 0 saturated carbocycles. The van der Waals surface area contributed by atoms with E-state index < -0.39 is 12.1 Å². The maximum absolute atomic E-state index is 12.2. The highest BCUT2D eigenvalue weighted by molar-refractivity contribution is 6.01. The Kier molecular flexibility index (Phi) is 5.31. The molecule has 2 aromatic carbocycles. The Hall–Kier alpha value is -2.62. The zero-order chi connectivity index (χ0) is 15.9. The molecule has 0 aliphatic carbocycles. The number of carbonyl (C=O) groups is 2. The average molecular weight is 298 g/mol. The second-order valence-corrected chi connectivity index (χ2v) is 4.74. The molecule has 0 fully saturated rings. The average Bonchev–Trinajstić information content (AvgIpc) is 2.55. The van der Waals surface area contributed by atoms with Gasteiger partial charge in [-0.2, -0.15) is 0 Å². The van der Waals surface area contributed by atoms with E-state index in [1.54, 1.807) is 55.5 Å². The summed E-state index contributed by atoms with van der Waals surface area (Å²) in [5, 5.41) is 0. The Bertz CT molecular complexity index is 632. The molecule has 2 aromatic rings. The van der Waals surface area contributed by atoms with Gasteiger partial charge in [-0.25, -0.2) is 4.79 Å². The summed E-state index contributed by atoms with van der Waals surface area (Å²) in [6.45, 7) is 4.02. The van der Waals surface area contributed by atoms with Crippen molar-refractivity contribution in [3.63, 3.8) is 0 Å². The van der Waals surface area contributed by atoms with E-state index in [4.69, 9.17) is 9.47 Å². The van der Waals surface area contributed by atoms with E-state index >= 15 is 0 Å². The lowest BCUT2D eigenvalue weighted by Gasteiger charge is -2.12. The van der Waals surface area contributed by atoms with Gasteiger partial charge in [-0.05, 0) is 38.1 Å². The van der Waals surface area contributed by atoms with Crippen molar-refractivity contribution in [2.45, 2.75) is 20.0 Å². The predicted octanol–water partition coefficient (Wildman–Crippen LogP) is 3.51. The van der Waals surface area contributed by atoms with Gasteiger partial charge in [0.05, 0.1) is 12.2 Å². The van der Waals surface area contributed by atoms with E-state index in [1.165, 1.54) is 0 Å². The molecule has 22 heavy (non-hydrogen) atoms. The molecular formula is C18H18O4. The Morgan fingerprint density at radius 2 is 1.59 bits per heavy atom. The minimum atomic E-state index is -0.832. The molecular weight excluding hydrogens is 280 g/mol. The standard InChI is InChI=1S/C18H18O4/c1-3-21-16-11-9-15(10-12-16)18(20)22-13(2)17(19)14-7-5-4-6-8-14/h4-13H,3H2,1-2H3/t13-/m0/s1. The van der Waals surface area contributed by atoms with Gasteiger partial charge in [0.1, 0.15) is 5.75 Å². The summed E-state index contributed by atoms with van der Waals surface area (Å²) < 4.78 is 10.5. The summed E-state index contributed by atoms with van der Waals surface area (Å²) in [5.41, 5.74) is 0.908. The van der Waals surface area contributed by atoms with Crippen LogP contribution in [-0.2, 0) is 4.74 Å². The Labute approximate surface area is 129 Å². The van der Waals surface area contributed by atoms with Crippen LogP contribution in [0.2, 0.25) is 0 Å². The van der Waals surface area contributed by atoms with Crippen molar-refractivity contribution in [2.24, 2.45) is 0 Å². The van der Waals surface area contributed by atoms with Crippen LogP contribution in [0.1, 0.15) is 34.6 Å². The van der Waals surface area contributed by atoms with Crippen molar-refractivity contribution < 1.29 is 19.1 Å². The van der Waals surface area contributed by atoms with Crippen molar-refractivity contribution >= 4 is 11.8 Å². The smallest absolute Gasteiger partial charge is 0.338 e. The van der Waals surface area contributed by atoms with Gasteiger partial charge in [-0.1, -0.05) is 30.3 Å². The van der Waals surface area contributed by atoms with Crippen LogP contribution in [0.5, 0.6) is 5.75 Å². The lowest BCUT2D eigenvalue weighted by atomic mass is 10.1. The Morgan fingerprint density at radius 1 is 0.955 bits per heavy atom. The topological polar surface area (TPSA) is 52.6 Å².